The Balaban J connectivity index is 4.58. The number of unbranched alkanes of at least 4 members (excludes halogenated alkanes) is 13. The second kappa shape index (κ2) is 38.9. The highest BCUT2D eigenvalue weighted by molar-refractivity contribution is 7.47. The minimum atomic E-state index is -4.45. The summed E-state index contributed by atoms with van der Waals surface area (Å²) in [7, 11) is -1.44. The number of hydrogen-bond donors (Lipinski definition) is 2. The van der Waals surface area contributed by atoms with Crippen LogP contribution in [0.3, 0.4) is 0 Å². The van der Waals surface area contributed by atoms with E-state index in [1.54, 1.807) is 0 Å². The van der Waals surface area contributed by atoms with Crippen molar-refractivity contribution in [1.82, 2.24) is 0 Å². The number of carboxylic acid groups (broad SMARTS) is 1. The van der Waals surface area contributed by atoms with Crippen molar-refractivity contribution in [3.05, 3.63) is 72.9 Å². The number of carboxylic acids is 1. The number of allylic oxidation sites excluding steroid dienone is 12. The summed E-state index contributed by atoms with van der Waals surface area (Å²) in [6.45, 7) is -0.382. The van der Waals surface area contributed by atoms with E-state index >= 15 is 0 Å². The molecule has 0 radical (unpaired) electrons. The van der Waals surface area contributed by atoms with Crippen LogP contribution in [0.5, 0.6) is 0 Å². The Kier molecular flexibility index (Phi) is 33.3. The van der Waals surface area contributed by atoms with Crippen molar-refractivity contribution in [3.63, 3.8) is 0 Å². The van der Waals surface area contributed by atoms with E-state index in [2.05, 4.69) is 67.7 Å². The Morgan fingerprint density at radius 2 is 1.09 bits per heavy atom. The largest absolute Gasteiger partial charge is 0.481 e. The molecule has 57 heavy (non-hydrogen) atoms. The highest BCUT2D eigenvalue weighted by atomic mass is 31.2. The number of phosphoric acid groups is 1. The molecule has 0 aromatic rings. The molecule has 2 atom stereocenters. The van der Waals surface area contributed by atoms with Gasteiger partial charge in [-0.3, -0.25) is 18.6 Å². The van der Waals surface area contributed by atoms with E-state index in [0.717, 1.165) is 57.8 Å². The van der Waals surface area contributed by atoms with Gasteiger partial charge in [0.05, 0.1) is 38.4 Å². The van der Waals surface area contributed by atoms with Gasteiger partial charge < -0.3 is 19.2 Å². The number of carbonyl (C=O) groups excluding carboxylic acids is 1. The third-order valence-electron chi connectivity index (χ3n) is 9.21. The lowest BCUT2D eigenvalue weighted by Crippen LogP contribution is -2.37. The number of hydrogen-bond acceptors (Lipinski definition) is 6. The molecule has 0 heterocycles. The molecule has 0 rings (SSSR count). The molecule has 9 nitrogen and oxygen atoms in total. The van der Waals surface area contributed by atoms with E-state index in [1.807, 2.05) is 12.2 Å². The summed E-state index contributed by atoms with van der Waals surface area (Å²) in [5, 5.41) is 8.64. The highest BCUT2D eigenvalue weighted by Crippen LogP contribution is 2.43. The minimum absolute atomic E-state index is 0.00268. The summed E-state index contributed by atoms with van der Waals surface area (Å²) in [6, 6.07) is 0. The quantitative estimate of drug-likeness (QED) is 0.0206. The lowest BCUT2D eigenvalue weighted by atomic mass is 10.0. The van der Waals surface area contributed by atoms with Crippen LogP contribution in [0.4, 0.5) is 0 Å². The SMILES string of the molecule is [2H]C([2H])([2H])[N+](C)(C)CCOP(=O)(O)OCC(CC/C=C\C/C=C\C/C=C\C/C=C\C/C=C\C/C=C\CCCC(=O)O)COC(=O)CCCCCCCCCCCCCCC. The molecule has 0 aliphatic rings. The molecule has 0 spiro atoms. The first-order valence-corrected chi connectivity index (χ1v) is 23.4. The Bertz CT molecular complexity index is 1310. The Morgan fingerprint density at radius 3 is 1.56 bits per heavy atom. The number of nitrogens with zero attached hydrogens (tertiary/aromatic N) is 1. The second-order valence-corrected chi connectivity index (χ2v) is 16.9. The van der Waals surface area contributed by atoms with Crippen molar-refractivity contribution < 1.29 is 46.5 Å². The molecule has 0 aliphatic heterocycles. The highest BCUT2D eigenvalue weighted by Gasteiger charge is 2.25. The van der Waals surface area contributed by atoms with Crippen LogP contribution < -0.4 is 0 Å². The standard InChI is InChI=1S/C47H82NO8P/c1-5-6-7-8-9-10-11-20-25-28-31-34-37-40-47(51)54-43-45(44-56-57(52,53)55-42-41-48(2,3)4)38-35-32-29-26-23-21-18-16-14-12-13-15-17-19-22-24-27-30-33-36-39-46(49)50/h13-16,19,21-23,27,29-30,32,45H,5-12,17-18,20,24-26,28,31,33-44H2,1-4H3,(H-,49,50,52,53)/p+1/b15-13-,16-14-,22-19-,23-21-,30-27-,32-29-/i2D3. The molecule has 10 heteroatoms. The van der Waals surface area contributed by atoms with Crippen LogP contribution in [0.2, 0.25) is 0 Å². The molecule has 0 aromatic carbocycles. The molecule has 0 saturated carbocycles. The number of likely N-dealkylation sites (N-methyl/N-ethyl adjacent to an activating group) is 1. The third-order valence-corrected chi connectivity index (χ3v) is 10.2. The maximum atomic E-state index is 12.6. The fraction of sp³-hybridized carbons (Fsp3) is 0.702. The van der Waals surface area contributed by atoms with Gasteiger partial charge in [0.1, 0.15) is 13.2 Å². The van der Waals surface area contributed by atoms with Crippen molar-refractivity contribution in [3.8, 4) is 0 Å². The zero-order valence-corrected chi connectivity index (χ0v) is 36.9. The third kappa shape index (κ3) is 44.4. The summed E-state index contributed by atoms with van der Waals surface area (Å²) >= 11 is 0. The molecule has 0 amide bonds. The maximum Gasteiger partial charge on any atom is 0.472 e. The number of carbonyl (C=O) groups is 2. The van der Waals surface area contributed by atoms with Gasteiger partial charge in [-0.1, -0.05) is 157 Å². The van der Waals surface area contributed by atoms with E-state index in [-0.39, 0.29) is 49.2 Å². The Hall–Kier alpha value is -2.55. The van der Waals surface area contributed by atoms with E-state index in [1.165, 1.54) is 78.3 Å². The van der Waals surface area contributed by atoms with Crippen LogP contribution >= 0.6 is 7.82 Å². The summed E-state index contributed by atoms with van der Waals surface area (Å²) in [5.41, 5.74) is 0. The first-order valence-electron chi connectivity index (χ1n) is 23.4. The van der Waals surface area contributed by atoms with Crippen molar-refractivity contribution in [2.45, 2.75) is 161 Å². The number of rotatable bonds is 40. The molecule has 0 fully saturated rings. The fourth-order valence-corrected chi connectivity index (χ4v) is 6.49. The molecular formula is C47H83NO8P+. The summed E-state index contributed by atoms with van der Waals surface area (Å²) < 4.78 is 51.1. The van der Waals surface area contributed by atoms with Crippen molar-refractivity contribution in [1.29, 1.82) is 0 Å². The molecule has 2 N–H and O–H groups in total. The van der Waals surface area contributed by atoms with Gasteiger partial charge in [0.25, 0.3) is 0 Å². The number of phosphoric ester groups is 1. The first kappa shape index (κ1) is 48.8. The average molecular weight is 824 g/mol. The van der Waals surface area contributed by atoms with Gasteiger partial charge >= 0.3 is 19.8 Å². The van der Waals surface area contributed by atoms with Crippen LogP contribution in [-0.2, 0) is 27.9 Å². The predicted molar refractivity (Wildman–Crippen MR) is 238 cm³/mol. The van der Waals surface area contributed by atoms with Gasteiger partial charge in [0.2, 0.25) is 0 Å². The van der Waals surface area contributed by atoms with E-state index in [4.69, 9.17) is 23.0 Å². The van der Waals surface area contributed by atoms with E-state index < -0.39 is 20.8 Å². The van der Waals surface area contributed by atoms with Crippen molar-refractivity contribution in [2.24, 2.45) is 5.92 Å². The van der Waals surface area contributed by atoms with Gasteiger partial charge in [-0.2, -0.15) is 0 Å². The monoisotopic (exact) mass is 824 g/mol. The van der Waals surface area contributed by atoms with Gasteiger partial charge in [0, 0.05) is 18.8 Å². The molecule has 0 saturated heterocycles. The van der Waals surface area contributed by atoms with Crippen LogP contribution in [-0.4, -0.2) is 73.9 Å². The van der Waals surface area contributed by atoms with Gasteiger partial charge in [-0.15, -0.1) is 0 Å². The van der Waals surface area contributed by atoms with Crippen molar-refractivity contribution >= 4 is 19.8 Å². The lowest BCUT2D eigenvalue weighted by Gasteiger charge is -2.24. The summed E-state index contributed by atoms with van der Waals surface area (Å²) in [4.78, 5) is 33.4. The van der Waals surface area contributed by atoms with Crippen LogP contribution in [0.25, 0.3) is 0 Å². The van der Waals surface area contributed by atoms with Gasteiger partial charge in [-0.05, 0) is 64.2 Å². The normalized spacial score (nSPS) is 15.3. The smallest absolute Gasteiger partial charge is 0.472 e. The Morgan fingerprint density at radius 1 is 0.632 bits per heavy atom. The molecule has 328 valence electrons. The Labute approximate surface area is 352 Å². The molecule has 0 aromatic heterocycles. The molecular weight excluding hydrogens is 737 g/mol. The zero-order valence-electron chi connectivity index (χ0n) is 39.0. The molecule has 0 aliphatic carbocycles. The maximum absolute atomic E-state index is 12.6. The van der Waals surface area contributed by atoms with Crippen LogP contribution in [0.1, 0.15) is 165 Å². The van der Waals surface area contributed by atoms with Crippen LogP contribution in [0, 0.1) is 5.92 Å². The summed E-state index contributed by atoms with van der Waals surface area (Å²) in [5.74, 6) is -1.34. The fourth-order valence-electron chi connectivity index (χ4n) is 5.70. The first-order chi connectivity index (χ1) is 28.7. The molecule has 0 bridgehead atoms. The van der Waals surface area contributed by atoms with E-state index in [0.29, 0.717) is 25.7 Å². The van der Waals surface area contributed by atoms with Crippen LogP contribution in [0.15, 0.2) is 72.9 Å². The number of aliphatic carboxylic acids is 1. The molecule has 2 unspecified atom stereocenters. The van der Waals surface area contributed by atoms with Gasteiger partial charge in [-0.25, -0.2) is 4.57 Å². The summed E-state index contributed by atoms with van der Waals surface area (Å²) in [6.07, 6.45) is 48.8. The predicted octanol–water partition coefficient (Wildman–Crippen LogP) is 12.8. The van der Waals surface area contributed by atoms with Gasteiger partial charge in [0.15, 0.2) is 0 Å². The average Bonchev–Trinajstić information content (AvgIpc) is 3.18. The topological polar surface area (TPSA) is 119 Å². The number of quaternary nitrogens is 1. The number of ether oxygens (including phenoxy) is 1. The van der Waals surface area contributed by atoms with Crippen molar-refractivity contribution in [2.75, 3.05) is 47.4 Å². The zero-order chi connectivity index (χ0) is 44.6. The number of esters is 1. The second-order valence-electron chi connectivity index (χ2n) is 15.4. The lowest BCUT2D eigenvalue weighted by molar-refractivity contribution is -0.870. The minimum Gasteiger partial charge on any atom is -0.481 e. The van der Waals surface area contributed by atoms with E-state index in [9.17, 15) is 19.0 Å².